The quantitative estimate of drug-likeness (QED) is 0.121. The number of benzene rings is 5. The summed E-state index contributed by atoms with van der Waals surface area (Å²) in [7, 11) is 0. The largest absolute Gasteiger partial charge is 2.00 e. The van der Waals surface area contributed by atoms with Crippen molar-refractivity contribution in [1.82, 2.24) is 19.1 Å². The molecule has 0 saturated carbocycles. The van der Waals surface area contributed by atoms with E-state index in [2.05, 4.69) is 191 Å². The minimum Gasteiger partial charge on any atom is -0.346 e. The topological polar surface area (TPSA) is 38.9 Å². The van der Waals surface area contributed by atoms with Crippen molar-refractivity contribution in [3.05, 3.63) is 163 Å². The fraction of sp³-hybridized carbons (Fsp3) is 0.250. The number of imidazole rings is 2. The summed E-state index contributed by atoms with van der Waals surface area (Å²) < 4.78 is 4.38. The average Bonchev–Trinajstić information content (AvgIpc) is 3.86. The van der Waals surface area contributed by atoms with E-state index in [1.54, 1.807) is 0 Å². The maximum atomic E-state index is 4.92. The maximum Gasteiger partial charge on any atom is 2.00 e. The number of para-hydroxylation sites is 3. The minimum absolute atomic E-state index is 0. The first-order valence-electron chi connectivity index (χ1n) is 18.9. The molecule has 7 aromatic rings. The molecule has 6 heteroatoms. The van der Waals surface area contributed by atoms with Crippen LogP contribution < -0.4 is 4.90 Å². The first-order valence-corrected chi connectivity index (χ1v) is 18.9. The summed E-state index contributed by atoms with van der Waals surface area (Å²) in [6, 6.07) is 43.7. The zero-order chi connectivity index (χ0) is 37.2. The molecule has 5 aromatic carbocycles. The molecule has 0 amide bonds. The van der Waals surface area contributed by atoms with Gasteiger partial charge < -0.3 is 14.0 Å². The molecule has 2 aromatic heterocycles. The number of rotatable bonds is 11. The van der Waals surface area contributed by atoms with Crippen molar-refractivity contribution in [2.45, 2.75) is 79.1 Å². The smallest absolute Gasteiger partial charge is 0.346 e. The van der Waals surface area contributed by atoms with Crippen molar-refractivity contribution in [3.8, 4) is 33.9 Å². The van der Waals surface area contributed by atoms with Crippen LogP contribution in [0.4, 0.5) is 17.1 Å². The SMILES string of the molecule is CC(C)c1cccc(C(C)C)c1-n1cnc(-c2[c-]c(N(c3[c-]c(-c4cn(-c5c(C(C)C)cccc5C(C)C)cn4)ccc3)c3ccccc3)ccc2)c1.[Pt+2]. The van der Waals surface area contributed by atoms with E-state index in [1.807, 2.05) is 18.7 Å². The fourth-order valence-corrected chi connectivity index (χ4v) is 7.25. The third-order valence-electron chi connectivity index (χ3n) is 9.97. The Hall–Kier alpha value is -4.99. The second-order valence-corrected chi connectivity index (χ2v) is 15.1. The zero-order valence-corrected chi connectivity index (χ0v) is 34.8. The monoisotopic (exact) mass is 890 g/mol. The molecule has 54 heavy (non-hydrogen) atoms. The fourth-order valence-electron chi connectivity index (χ4n) is 7.25. The van der Waals surface area contributed by atoms with E-state index in [0.717, 1.165) is 39.6 Å². The molecule has 0 aliphatic carbocycles. The summed E-state index contributed by atoms with van der Waals surface area (Å²) in [6.07, 6.45) is 8.16. The van der Waals surface area contributed by atoms with Gasteiger partial charge in [-0.05, 0) is 81.8 Å². The van der Waals surface area contributed by atoms with Gasteiger partial charge in [0.2, 0.25) is 0 Å². The molecule has 0 aliphatic heterocycles. The van der Waals surface area contributed by atoms with Gasteiger partial charge in [-0.1, -0.05) is 110 Å². The van der Waals surface area contributed by atoms with Gasteiger partial charge >= 0.3 is 21.1 Å². The van der Waals surface area contributed by atoms with E-state index in [1.165, 1.54) is 33.6 Å². The van der Waals surface area contributed by atoms with Crippen molar-refractivity contribution >= 4 is 17.1 Å². The van der Waals surface area contributed by atoms with Crippen LogP contribution in [-0.2, 0) is 21.1 Å². The van der Waals surface area contributed by atoms with E-state index in [0.29, 0.717) is 23.7 Å². The molecule has 0 radical (unpaired) electrons. The van der Waals surface area contributed by atoms with E-state index >= 15 is 0 Å². The molecule has 0 saturated heterocycles. The Bertz CT molecular complexity index is 2130. The van der Waals surface area contributed by atoms with Gasteiger partial charge in [0, 0.05) is 17.1 Å². The van der Waals surface area contributed by atoms with Crippen LogP contribution in [0.25, 0.3) is 33.9 Å². The van der Waals surface area contributed by atoms with Crippen molar-refractivity contribution in [1.29, 1.82) is 0 Å². The summed E-state index contributed by atoms with van der Waals surface area (Å²) in [5, 5.41) is 0. The van der Waals surface area contributed by atoms with Crippen LogP contribution in [0.1, 0.15) is 101 Å². The molecule has 0 spiro atoms. The van der Waals surface area contributed by atoms with Gasteiger partial charge in [-0.15, -0.1) is 59.7 Å². The molecule has 0 unspecified atom stereocenters. The Labute approximate surface area is 336 Å². The summed E-state index contributed by atoms with van der Waals surface area (Å²) in [5.41, 5.74) is 14.1. The molecule has 7 rings (SSSR count). The Kier molecular flexibility index (Phi) is 11.9. The van der Waals surface area contributed by atoms with Gasteiger partial charge in [-0.2, -0.15) is 0 Å². The molecule has 0 fully saturated rings. The molecule has 0 atom stereocenters. The third kappa shape index (κ3) is 7.79. The van der Waals surface area contributed by atoms with Crippen LogP contribution in [0.5, 0.6) is 0 Å². The maximum absolute atomic E-state index is 4.92. The first-order chi connectivity index (χ1) is 25.6. The van der Waals surface area contributed by atoms with Gasteiger partial charge in [0.25, 0.3) is 0 Å². The Balaban J connectivity index is 0.00000497. The van der Waals surface area contributed by atoms with E-state index in [4.69, 9.17) is 9.97 Å². The second-order valence-electron chi connectivity index (χ2n) is 15.1. The Morgan fingerprint density at radius 3 is 1.20 bits per heavy atom. The van der Waals surface area contributed by atoms with Crippen LogP contribution in [-0.4, -0.2) is 19.1 Å². The molecule has 0 bridgehead atoms. The van der Waals surface area contributed by atoms with E-state index < -0.39 is 0 Å². The number of hydrogen-bond donors (Lipinski definition) is 0. The number of aromatic nitrogens is 4. The predicted molar refractivity (Wildman–Crippen MR) is 220 cm³/mol. The molecule has 0 N–H and O–H groups in total. The van der Waals surface area contributed by atoms with Crippen LogP contribution in [0.3, 0.4) is 0 Å². The van der Waals surface area contributed by atoms with Gasteiger partial charge in [-0.3, -0.25) is 9.97 Å². The van der Waals surface area contributed by atoms with E-state index in [9.17, 15) is 0 Å². The summed E-state index contributed by atoms with van der Waals surface area (Å²) in [4.78, 5) is 12.0. The molecular weight excluding hydrogens is 842 g/mol. The van der Waals surface area contributed by atoms with Crippen LogP contribution >= 0.6 is 0 Å². The molecule has 5 nitrogen and oxygen atoms in total. The first kappa shape index (κ1) is 38.7. The van der Waals surface area contributed by atoms with Crippen LogP contribution in [0, 0.1) is 12.1 Å². The summed E-state index contributed by atoms with van der Waals surface area (Å²) in [5.74, 6) is 1.55. The van der Waals surface area contributed by atoms with Crippen molar-refractivity contribution in [2.24, 2.45) is 0 Å². The number of anilines is 3. The van der Waals surface area contributed by atoms with Gasteiger partial charge in [0.05, 0.1) is 24.0 Å². The molecule has 0 aliphatic rings. The second kappa shape index (κ2) is 16.6. The zero-order valence-electron chi connectivity index (χ0n) is 32.5. The van der Waals surface area contributed by atoms with Crippen molar-refractivity contribution < 1.29 is 21.1 Å². The number of nitrogens with zero attached hydrogens (tertiary/aromatic N) is 5. The Morgan fingerprint density at radius 2 is 0.833 bits per heavy atom. The molecule has 276 valence electrons. The van der Waals surface area contributed by atoms with Gasteiger partial charge in [0.1, 0.15) is 0 Å². The number of hydrogen-bond acceptors (Lipinski definition) is 3. The van der Waals surface area contributed by atoms with Gasteiger partial charge in [0.15, 0.2) is 0 Å². The van der Waals surface area contributed by atoms with Crippen molar-refractivity contribution in [3.63, 3.8) is 0 Å². The third-order valence-corrected chi connectivity index (χ3v) is 9.97. The van der Waals surface area contributed by atoms with Crippen LogP contribution in [0.2, 0.25) is 0 Å². The van der Waals surface area contributed by atoms with E-state index in [-0.39, 0.29) is 21.1 Å². The summed E-state index contributed by atoms with van der Waals surface area (Å²) >= 11 is 0. The van der Waals surface area contributed by atoms with Crippen molar-refractivity contribution in [2.75, 3.05) is 4.90 Å². The molecular formula is C48H49N5Pt. The average molecular weight is 891 g/mol. The predicted octanol–water partition coefficient (Wildman–Crippen LogP) is 13.0. The standard InChI is InChI=1S/C48H49N5.Pt/c1-32(2)41-22-14-23-42(33(3)4)47(41)51-28-45(49-30-51)36-16-12-20-39(26-36)53(38-18-10-9-11-19-38)40-21-13-17-37(27-40)46-29-52(31-50-46)48-43(34(5)6)24-15-25-44(48)35(7)8;/h9-25,28-35H,1-8H3;/q-2;+2. The normalized spacial score (nSPS) is 11.5. The van der Waals surface area contributed by atoms with Gasteiger partial charge in [-0.25, -0.2) is 0 Å². The summed E-state index contributed by atoms with van der Waals surface area (Å²) in [6.45, 7) is 18.0. The Morgan fingerprint density at radius 1 is 0.463 bits per heavy atom. The minimum atomic E-state index is 0. The van der Waals surface area contributed by atoms with Crippen LogP contribution in [0.15, 0.2) is 128 Å². The molecule has 2 heterocycles.